The summed E-state index contributed by atoms with van der Waals surface area (Å²) in [7, 11) is 0. The van der Waals surface area contributed by atoms with E-state index in [-0.39, 0.29) is 18.1 Å². The fourth-order valence-electron chi connectivity index (χ4n) is 1.90. The summed E-state index contributed by atoms with van der Waals surface area (Å²) in [6.45, 7) is 15.6. The number of carbonyl (C=O) groups is 3. The van der Waals surface area contributed by atoms with Gasteiger partial charge in [-0.2, -0.15) is 0 Å². The van der Waals surface area contributed by atoms with Gasteiger partial charge in [-0.05, 0) is 25.2 Å². The summed E-state index contributed by atoms with van der Waals surface area (Å²) in [5, 5.41) is 25.1. The van der Waals surface area contributed by atoms with Crippen LogP contribution < -0.4 is 0 Å². The number of rotatable bonds is 12. The fourth-order valence-corrected chi connectivity index (χ4v) is 1.90. The first kappa shape index (κ1) is 30.3. The summed E-state index contributed by atoms with van der Waals surface area (Å²) in [5.41, 5.74) is 0.506. The van der Waals surface area contributed by atoms with E-state index in [2.05, 4.69) is 38.3 Å². The number of aliphatic hydroxyl groups excluding tert-OH is 1. The van der Waals surface area contributed by atoms with Crippen molar-refractivity contribution in [1.29, 1.82) is 0 Å². The van der Waals surface area contributed by atoms with Gasteiger partial charge in [0.05, 0.1) is 6.26 Å². The lowest BCUT2D eigenvalue weighted by Gasteiger charge is -2.13. The van der Waals surface area contributed by atoms with Gasteiger partial charge in [0.25, 0.3) is 0 Å². The molecule has 0 amide bonds. The van der Waals surface area contributed by atoms with Gasteiger partial charge in [-0.3, -0.25) is 4.79 Å². The van der Waals surface area contributed by atoms with Gasteiger partial charge in [-0.25, -0.2) is 9.59 Å². The van der Waals surface area contributed by atoms with Crippen LogP contribution in [0.4, 0.5) is 0 Å². The molecule has 0 saturated heterocycles. The number of hydrogen-bond donors (Lipinski definition) is 3. The predicted molar refractivity (Wildman–Crippen MR) is 110 cm³/mol. The third-order valence-electron chi connectivity index (χ3n) is 3.57. The molecule has 3 N–H and O–H groups in total. The van der Waals surface area contributed by atoms with E-state index >= 15 is 0 Å². The normalized spacial score (nSPS) is 10.1. The monoisotopic (exact) mass is 400 g/mol. The summed E-state index contributed by atoms with van der Waals surface area (Å²) >= 11 is 0. The van der Waals surface area contributed by atoms with Gasteiger partial charge in [0.15, 0.2) is 0 Å². The van der Waals surface area contributed by atoms with Crippen LogP contribution in [-0.4, -0.2) is 39.8 Å². The highest BCUT2D eigenvalue weighted by Crippen LogP contribution is 2.20. The van der Waals surface area contributed by atoms with Gasteiger partial charge in [-0.1, -0.05) is 59.3 Å². The van der Waals surface area contributed by atoms with Crippen LogP contribution in [0, 0.1) is 5.92 Å². The number of carboxylic acid groups (broad SMARTS) is 2. The molecule has 0 radical (unpaired) electrons. The highest BCUT2D eigenvalue weighted by atomic mass is 16.5. The molecule has 1 unspecified atom stereocenters. The lowest BCUT2D eigenvalue weighted by molar-refractivity contribution is -0.135. The molecule has 0 bridgehead atoms. The first-order chi connectivity index (χ1) is 13.1. The third-order valence-corrected chi connectivity index (χ3v) is 3.57. The van der Waals surface area contributed by atoms with Crippen molar-refractivity contribution in [2.24, 2.45) is 5.92 Å². The SMILES string of the molecule is C=C(CC(CC)CCCC)C(=O)O.C=C(CCCO)C(=O)O.C=COC(C)=O. The molecule has 0 aromatic carbocycles. The van der Waals surface area contributed by atoms with Gasteiger partial charge < -0.3 is 20.1 Å². The number of hydrogen-bond acceptors (Lipinski definition) is 5. The van der Waals surface area contributed by atoms with E-state index in [1.54, 1.807) is 0 Å². The van der Waals surface area contributed by atoms with Crippen molar-refractivity contribution in [2.75, 3.05) is 6.61 Å². The minimum absolute atomic E-state index is 0.0201. The Morgan fingerprint density at radius 3 is 1.86 bits per heavy atom. The Balaban J connectivity index is -0.000000362. The summed E-state index contributed by atoms with van der Waals surface area (Å²) in [5.74, 6) is -1.66. The Kier molecular flexibility index (Phi) is 22.6. The smallest absolute Gasteiger partial charge is 0.330 e. The van der Waals surface area contributed by atoms with Crippen molar-refractivity contribution in [2.45, 2.75) is 65.7 Å². The van der Waals surface area contributed by atoms with Gasteiger partial charge in [0.1, 0.15) is 0 Å². The fraction of sp³-hybridized carbons (Fsp3) is 0.571. The Labute approximate surface area is 168 Å². The second kappa shape index (κ2) is 20.9. The van der Waals surface area contributed by atoms with Crippen molar-refractivity contribution in [3.8, 4) is 0 Å². The lowest BCUT2D eigenvalue weighted by Crippen LogP contribution is -2.06. The number of carbonyl (C=O) groups excluding carboxylic acids is 1. The van der Waals surface area contributed by atoms with Gasteiger partial charge in [-0.15, -0.1) is 0 Å². The predicted octanol–water partition coefficient (Wildman–Crippen LogP) is 4.33. The van der Waals surface area contributed by atoms with E-state index < -0.39 is 11.9 Å². The van der Waals surface area contributed by atoms with Crippen LogP contribution in [0.2, 0.25) is 0 Å². The van der Waals surface area contributed by atoms with Crippen LogP contribution in [0.15, 0.2) is 37.1 Å². The van der Waals surface area contributed by atoms with Crippen LogP contribution in [0.5, 0.6) is 0 Å². The molecule has 7 nitrogen and oxygen atoms in total. The maximum Gasteiger partial charge on any atom is 0.330 e. The van der Waals surface area contributed by atoms with Crippen molar-refractivity contribution in [1.82, 2.24) is 0 Å². The van der Waals surface area contributed by atoms with Crippen LogP contribution in [0.3, 0.4) is 0 Å². The maximum absolute atomic E-state index is 10.5. The number of ether oxygens (including phenoxy) is 1. The first-order valence-electron chi connectivity index (χ1n) is 9.28. The molecule has 0 aromatic rings. The number of aliphatic hydroxyl groups is 1. The van der Waals surface area contributed by atoms with Gasteiger partial charge in [0.2, 0.25) is 0 Å². The lowest BCUT2D eigenvalue weighted by atomic mass is 9.92. The largest absolute Gasteiger partial charge is 0.478 e. The van der Waals surface area contributed by atoms with E-state index in [1.165, 1.54) is 19.8 Å². The van der Waals surface area contributed by atoms with Crippen LogP contribution in [0.1, 0.15) is 65.7 Å². The zero-order valence-electron chi connectivity index (χ0n) is 17.4. The van der Waals surface area contributed by atoms with Gasteiger partial charge in [0, 0.05) is 24.7 Å². The third kappa shape index (κ3) is 23.6. The van der Waals surface area contributed by atoms with E-state index in [0.717, 1.165) is 19.1 Å². The van der Waals surface area contributed by atoms with Crippen molar-refractivity contribution < 1.29 is 34.4 Å². The standard InChI is InChI=1S/C11H20O2.C6H10O3.C4H6O2/c1-4-6-7-10(5-2)8-9(3)11(12)13;1-5(6(8)9)3-2-4-7;1-3-6-4(2)5/h10H,3-8H2,1-2H3,(H,12,13);7H,1-4H2,(H,8,9);3H,1H2,2H3. The van der Waals surface area contributed by atoms with E-state index in [9.17, 15) is 14.4 Å². The minimum atomic E-state index is -0.983. The molecular formula is C21H36O7. The molecule has 0 aliphatic heterocycles. The highest BCUT2D eigenvalue weighted by Gasteiger charge is 2.11. The maximum atomic E-state index is 10.5. The molecule has 0 spiro atoms. The summed E-state index contributed by atoms with van der Waals surface area (Å²) in [6.07, 6.45) is 7.12. The number of esters is 1. The van der Waals surface area contributed by atoms with Crippen LogP contribution in [-0.2, 0) is 19.1 Å². The molecule has 0 aromatic heterocycles. The van der Waals surface area contributed by atoms with E-state index in [4.69, 9.17) is 15.3 Å². The molecule has 1 atom stereocenters. The van der Waals surface area contributed by atoms with Crippen molar-refractivity contribution >= 4 is 17.9 Å². The van der Waals surface area contributed by atoms with Crippen LogP contribution >= 0.6 is 0 Å². The zero-order valence-corrected chi connectivity index (χ0v) is 17.4. The summed E-state index contributed by atoms with van der Waals surface area (Å²) in [4.78, 5) is 30.3. The average Bonchev–Trinajstić information content (AvgIpc) is 2.63. The quantitative estimate of drug-likeness (QED) is 0.253. The molecule has 7 heteroatoms. The Bertz CT molecular complexity index is 495. The number of carboxylic acids is 2. The average molecular weight is 401 g/mol. The molecule has 0 aliphatic carbocycles. The Morgan fingerprint density at radius 2 is 1.57 bits per heavy atom. The molecular weight excluding hydrogens is 364 g/mol. The van der Waals surface area contributed by atoms with Crippen LogP contribution in [0.25, 0.3) is 0 Å². The Morgan fingerprint density at radius 1 is 1.04 bits per heavy atom. The second-order valence-electron chi connectivity index (χ2n) is 6.04. The zero-order chi connectivity index (χ0) is 22.5. The Hall–Kier alpha value is -2.41. The molecule has 162 valence electrons. The first-order valence-corrected chi connectivity index (χ1v) is 9.28. The minimum Gasteiger partial charge on any atom is -0.478 e. The van der Waals surface area contributed by atoms with Gasteiger partial charge >= 0.3 is 17.9 Å². The van der Waals surface area contributed by atoms with Crippen molar-refractivity contribution in [3.05, 3.63) is 37.1 Å². The molecule has 0 heterocycles. The number of aliphatic carboxylic acids is 2. The molecule has 0 rings (SSSR count). The topological polar surface area (TPSA) is 121 Å². The highest BCUT2D eigenvalue weighted by molar-refractivity contribution is 5.86. The molecule has 0 aliphatic rings. The molecule has 0 fully saturated rings. The summed E-state index contributed by atoms with van der Waals surface area (Å²) < 4.78 is 4.17. The van der Waals surface area contributed by atoms with E-state index in [1.807, 2.05) is 0 Å². The molecule has 0 saturated carbocycles. The second-order valence-corrected chi connectivity index (χ2v) is 6.04. The van der Waals surface area contributed by atoms with Crippen molar-refractivity contribution in [3.63, 3.8) is 0 Å². The van der Waals surface area contributed by atoms with E-state index in [0.29, 0.717) is 30.8 Å². The number of unbranched alkanes of at least 4 members (excludes halogenated alkanes) is 1. The summed E-state index contributed by atoms with van der Waals surface area (Å²) in [6, 6.07) is 0. The molecule has 28 heavy (non-hydrogen) atoms.